The Hall–Kier alpha value is -3.14. The number of hydrogen-bond acceptors (Lipinski definition) is 3. The quantitative estimate of drug-likeness (QED) is 0.700. The molecule has 132 valence electrons. The maximum absolute atomic E-state index is 12.5. The summed E-state index contributed by atoms with van der Waals surface area (Å²) in [4.78, 5) is 24.9. The molecule has 0 heterocycles. The Morgan fingerprint density at radius 2 is 1.69 bits per heavy atom. The standard InChI is InChI=1S/C22H21NO3/c1-14-11-12-20(15(2)13-14)23-21(24)16(3)26-22(25)19-10-6-8-17-7-4-5-9-18(17)19/h4-13,16H,1-3H3,(H,23,24). The van der Waals surface area contributed by atoms with E-state index in [1.165, 1.54) is 0 Å². The highest BCUT2D eigenvalue weighted by atomic mass is 16.5. The number of fused-ring (bicyclic) bond motifs is 1. The van der Waals surface area contributed by atoms with Crippen molar-refractivity contribution in [1.82, 2.24) is 0 Å². The molecule has 4 heteroatoms. The van der Waals surface area contributed by atoms with Crippen LogP contribution in [-0.4, -0.2) is 18.0 Å². The summed E-state index contributed by atoms with van der Waals surface area (Å²) in [6, 6.07) is 18.8. The van der Waals surface area contributed by atoms with Gasteiger partial charge in [-0.15, -0.1) is 0 Å². The number of nitrogens with one attached hydrogen (secondary N) is 1. The molecule has 0 aliphatic heterocycles. The summed E-state index contributed by atoms with van der Waals surface area (Å²) < 4.78 is 5.39. The van der Waals surface area contributed by atoms with Gasteiger partial charge >= 0.3 is 5.97 Å². The van der Waals surface area contributed by atoms with Crippen molar-refractivity contribution >= 4 is 28.3 Å². The fraction of sp³-hybridized carbons (Fsp3) is 0.182. The van der Waals surface area contributed by atoms with Crippen LogP contribution in [0.15, 0.2) is 60.7 Å². The van der Waals surface area contributed by atoms with E-state index in [9.17, 15) is 9.59 Å². The molecule has 1 atom stereocenters. The molecule has 1 unspecified atom stereocenters. The first-order valence-corrected chi connectivity index (χ1v) is 8.52. The van der Waals surface area contributed by atoms with E-state index in [4.69, 9.17) is 4.74 Å². The van der Waals surface area contributed by atoms with Crippen LogP contribution >= 0.6 is 0 Å². The van der Waals surface area contributed by atoms with Crippen molar-refractivity contribution in [3.05, 3.63) is 77.4 Å². The molecule has 0 aliphatic carbocycles. The molecule has 3 aromatic carbocycles. The number of carbonyl (C=O) groups excluding carboxylic acids is 2. The largest absolute Gasteiger partial charge is 0.449 e. The average Bonchev–Trinajstić information content (AvgIpc) is 2.63. The number of ether oxygens (including phenoxy) is 1. The third-order valence-electron chi connectivity index (χ3n) is 4.30. The van der Waals surface area contributed by atoms with Gasteiger partial charge in [0.05, 0.1) is 5.56 Å². The van der Waals surface area contributed by atoms with Gasteiger partial charge in [0.1, 0.15) is 0 Å². The minimum absolute atomic E-state index is 0.356. The summed E-state index contributed by atoms with van der Waals surface area (Å²) in [7, 11) is 0. The van der Waals surface area contributed by atoms with Gasteiger partial charge in [-0.2, -0.15) is 0 Å². The van der Waals surface area contributed by atoms with Gasteiger partial charge in [0, 0.05) is 5.69 Å². The van der Waals surface area contributed by atoms with Gasteiger partial charge in [-0.05, 0) is 49.2 Å². The third kappa shape index (κ3) is 3.75. The highest BCUT2D eigenvalue weighted by Gasteiger charge is 2.20. The fourth-order valence-corrected chi connectivity index (χ4v) is 2.87. The van der Waals surface area contributed by atoms with Crippen LogP contribution in [0.1, 0.15) is 28.4 Å². The molecule has 3 rings (SSSR count). The Morgan fingerprint density at radius 3 is 2.46 bits per heavy atom. The third-order valence-corrected chi connectivity index (χ3v) is 4.30. The molecule has 0 fully saturated rings. The smallest absolute Gasteiger partial charge is 0.339 e. The molecule has 0 aromatic heterocycles. The molecule has 1 N–H and O–H groups in total. The predicted molar refractivity (Wildman–Crippen MR) is 103 cm³/mol. The van der Waals surface area contributed by atoms with E-state index >= 15 is 0 Å². The second kappa shape index (κ2) is 7.40. The molecule has 0 aliphatic rings. The van der Waals surface area contributed by atoms with Crippen LogP contribution in [0.4, 0.5) is 5.69 Å². The van der Waals surface area contributed by atoms with Crippen LogP contribution in [0.3, 0.4) is 0 Å². The van der Waals surface area contributed by atoms with Crippen molar-refractivity contribution in [2.75, 3.05) is 5.32 Å². The number of anilines is 1. The highest BCUT2D eigenvalue weighted by Crippen LogP contribution is 2.20. The first kappa shape index (κ1) is 17.7. The van der Waals surface area contributed by atoms with Crippen LogP contribution in [0.25, 0.3) is 10.8 Å². The molecule has 26 heavy (non-hydrogen) atoms. The van der Waals surface area contributed by atoms with Crippen LogP contribution in [-0.2, 0) is 9.53 Å². The molecule has 0 spiro atoms. The zero-order valence-electron chi connectivity index (χ0n) is 15.1. The first-order chi connectivity index (χ1) is 12.5. The number of rotatable bonds is 4. The van der Waals surface area contributed by atoms with Gasteiger partial charge < -0.3 is 10.1 Å². The van der Waals surface area contributed by atoms with Crippen LogP contribution in [0.2, 0.25) is 0 Å². The van der Waals surface area contributed by atoms with E-state index < -0.39 is 12.1 Å². The van der Waals surface area contributed by atoms with Crippen LogP contribution < -0.4 is 5.32 Å². The summed E-state index contributed by atoms with van der Waals surface area (Å²) in [5.41, 5.74) is 3.25. The number of amides is 1. The Kier molecular flexibility index (Phi) is 5.03. The van der Waals surface area contributed by atoms with Crippen molar-refractivity contribution in [1.29, 1.82) is 0 Å². The van der Waals surface area contributed by atoms with Gasteiger partial charge in [-0.25, -0.2) is 4.79 Å². The molecule has 3 aromatic rings. The fourth-order valence-electron chi connectivity index (χ4n) is 2.87. The number of benzene rings is 3. The lowest BCUT2D eigenvalue weighted by Crippen LogP contribution is -2.30. The van der Waals surface area contributed by atoms with E-state index in [-0.39, 0.29) is 5.91 Å². The van der Waals surface area contributed by atoms with Gasteiger partial charge in [-0.1, -0.05) is 54.1 Å². The van der Waals surface area contributed by atoms with Gasteiger partial charge in [0.25, 0.3) is 5.91 Å². The van der Waals surface area contributed by atoms with Crippen LogP contribution in [0, 0.1) is 13.8 Å². The van der Waals surface area contributed by atoms with E-state index in [0.717, 1.165) is 21.9 Å². The molecule has 0 bridgehead atoms. The highest BCUT2D eigenvalue weighted by molar-refractivity contribution is 6.05. The Morgan fingerprint density at radius 1 is 0.962 bits per heavy atom. The van der Waals surface area contributed by atoms with Crippen molar-refractivity contribution in [2.24, 2.45) is 0 Å². The molecule has 0 radical (unpaired) electrons. The van der Waals surface area contributed by atoms with Crippen LogP contribution in [0.5, 0.6) is 0 Å². The molecule has 4 nitrogen and oxygen atoms in total. The first-order valence-electron chi connectivity index (χ1n) is 8.52. The van der Waals surface area contributed by atoms with Gasteiger partial charge in [0.2, 0.25) is 0 Å². The summed E-state index contributed by atoms with van der Waals surface area (Å²) in [5.74, 6) is -0.865. The molecule has 0 saturated carbocycles. The minimum atomic E-state index is -0.901. The number of esters is 1. The van der Waals surface area contributed by atoms with E-state index in [1.807, 2.05) is 62.4 Å². The molecule has 1 amide bonds. The molecular weight excluding hydrogens is 326 g/mol. The van der Waals surface area contributed by atoms with Crippen molar-refractivity contribution in [3.8, 4) is 0 Å². The van der Waals surface area contributed by atoms with E-state index in [2.05, 4.69) is 5.32 Å². The Labute approximate surface area is 152 Å². The topological polar surface area (TPSA) is 55.4 Å². The van der Waals surface area contributed by atoms with Gasteiger partial charge in [0.15, 0.2) is 6.10 Å². The lowest BCUT2D eigenvalue weighted by atomic mass is 10.0. The van der Waals surface area contributed by atoms with Crippen molar-refractivity contribution < 1.29 is 14.3 Å². The summed E-state index contributed by atoms with van der Waals surface area (Å²) in [6.07, 6.45) is -0.901. The second-order valence-corrected chi connectivity index (χ2v) is 6.38. The second-order valence-electron chi connectivity index (χ2n) is 6.38. The summed E-state index contributed by atoms with van der Waals surface area (Å²) in [6.45, 7) is 5.49. The lowest BCUT2D eigenvalue weighted by Gasteiger charge is -2.15. The van der Waals surface area contributed by atoms with Crippen molar-refractivity contribution in [3.63, 3.8) is 0 Å². The molecule has 0 saturated heterocycles. The lowest BCUT2D eigenvalue weighted by molar-refractivity contribution is -0.123. The molecular formula is C22H21NO3. The minimum Gasteiger partial charge on any atom is -0.449 e. The van der Waals surface area contributed by atoms with Crippen molar-refractivity contribution in [2.45, 2.75) is 26.9 Å². The Bertz CT molecular complexity index is 973. The zero-order valence-corrected chi connectivity index (χ0v) is 15.1. The maximum atomic E-state index is 12.5. The monoisotopic (exact) mass is 347 g/mol. The Balaban J connectivity index is 1.73. The number of carbonyl (C=O) groups is 2. The van der Waals surface area contributed by atoms with E-state index in [0.29, 0.717) is 11.3 Å². The predicted octanol–water partition coefficient (Wildman–Crippen LogP) is 4.64. The van der Waals surface area contributed by atoms with E-state index in [1.54, 1.807) is 19.1 Å². The average molecular weight is 347 g/mol. The maximum Gasteiger partial charge on any atom is 0.339 e. The SMILES string of the molecule is Cc1ccc(NC(=O)C(C)OC(=O)c2cccc3ccccc23)c(C)c1. The number of aryl methyl sites for hydroxylation is 2. The zero-order chi connectivity index (χ0) is 18.7. The summed E-state index contributed by atoms with van der Waals surface area (Å²) >= 11 is 0. The normalized spacial score (nSPS) is 11.8. The summed E-state index contributed by atoms with van der Waals surface area (Å²) in [5, 5.41) is 4.58. The number of hydrogen-bond donors (Lipinski definition) is 1. The van der Waals surface area contributed by atoms with Gasteiger partial charge in [-0.3, -0.25) is 4.79 Å².